The van der Waals surface area contributed by atoms with Crippen molar-refractivity contribution in [2.45, 2.75) is 19.3 Å². The highest BCUT2D eigenvalue weighted by molar-refractivity contribution is 6.09. The number of para-hydroxylation sites is 2. The summed E-state index contributed by atoms with van der Waals surface area (Å²) in [6.45, 7) is 4.67. The van der Waals surface area contributed by atoms with Gasteiger partial charge in [0.2, 0.25) is 0 Å². The van der Waals surface area contributed by atoms with Crippen molar-refractivity contribution < 1.29 is 0 Å². The molecule has 0 spiro atoms. The third kappa shape index (κ3) is 4.05. The van der Waals surface area contributed by atoms with Crippen LogP contribution in [0.4, 0.5) is 0 Å². The van der Waals surface area contributed by atoms with Gasteiger partial charge in [0.25, 0.3) is 0 Å². The van der Waals surface area contributed by atoms with Crippen molar-refractivity contribution in [3.8, 4) is 50.7 Å². The zero-order chi connectivity index (χ0) is 30.8. The summed E-state index contributed by atoms with van der Waals surface area (Å²) < 4.78 is 2.41. The van der Waals surface area contributed by atoms with E-state index in [2.05, 4.69) is 146 Å². The lowest BCUT2D eigenvalue weighted by molar-refractivity contribution is 0.660. The summed E-state index contributed by atoms with van der Waals surface area (Å²) in [4.78, 5) is 10.1. The molecule has 1 aliphatic carbocycles. The first-order valence-electron chi connectivity index (χ1n) is 15.8. The number of rotatable bonds is 4. The highest BCUT2D eigenvalue weighted by Gasteiger charge is 2.36. The second-order valence-electron chi connectivity index (χ2n) is 12.7. The molecule has 0 atom stereocenters. The Morgan fingerprint density at radius 3 is 1.63 bits per heavy atom. The van der Waals surface area contributed by atoms with Gasteiger partial charge in [0.1, 0.15) is 0 Å². The van der Waals surface area contributed by atoms with Gasteiger partial charge in [-0.2, -0.15) is 0 Å². The van der Waals surface area contributed by atoms with Crippen LogP contribution in [-0.2, 0) is 5.41 Å². The van der Waals surface area contributed by atoms with Crippen molar-refractivity contribution in [2.24, 2.45) is 0 Å². The molecule has 3 heteroatoms. The molecule has 0 radical (unpaired) electrons. The van der Waals surface area contributed by atoms with Crippen molar-refractivity contribution in [1.29, 1.82) is 0 Å². The number of benzene rings is 6. The van der Waals surface area contributed by atoms with Gasteiger partial charge in [-0.05, 0) is 58.7 Å². The molecular formula is C43H31N3. The van der Waals surface area contributed by atoms with Gasteiger partial charge in [-0.25, -0.2) is 9.97 Å². The van der Waals surface area contributed by atoms with Crippen LogP contribution in [0, 0.1) is 0 Å². The summed E-state index contributed by atoms with van der Waals surface area (Å²) in [5.74, 6) is 0.729. The fraction of sp³-hybridized carbons (Fsp3) is 0.0698. The van der Waals surface area contributed by atoms with Crippen LogP contribution in [0.5, 0.6) is 0 Å². The minimum absolute atomic E-state index is 0.112. The molecule has 46 heavy (non-hydrogen) atoms. The zero-order valence-corrected chi connectivity index (χ0v) is 25.8. The van der Waals surface area contributed by atoms with Crippen LogP contribution in [0.25, 0.3) is 72.5 Å². The van der Waals surface area contributed by atoms with E-state index in [1.165, 1.54) is 49.7 Å². The molecule has 0 amide bonds. The van der Waals surface area contributed by atoms with E-state index in [0.29, 0.717) is 0 Å². The fourth-order valence-electron chi connectivity index (χ4n) is 7.32. The third-order valence-electron chi connectivity index (χ3n) is 9.62. The highest BCUT2D eigenvalue weighted by atomic mass is 15.0. The Balaban J connectivity index is 1.23. The van der Waals surface area contributed by atoms with Gasteiger partial charge in [0, 0.05) is 38.6 Å². The first kappa shape index (κ1) is 26.6. The summed E-state index contributed by atoms with van der Waals surface area (Å²) in [6, 6.07) is 54.0. The van der Waals surface area contributed by atoms with E-state index >= 15 is 0 Å². The molecule has 0 unspecified atom stereocenters. The minimum Gasteiger partial charge on any atom is -0.309 e. The molecular weight excluding hydrogens is 558 g/mol. The Kier molecular flexibility index (Phi) is 5.85. The molecule has 6 aromatic carbocycles. The van der Waals surface area contributed by atoms with Gasteiger partial charge in [0.15, 0.2) is 5.82 Å². The van der Waals surface area contributed by atoms with Crippen LogP contribution in [0.1, 0.15) is 25.0 Å². The number of fused-ring (bicyclic) bond motifs is 6. The molecule has 0 fully saturated rings. The molecule has 9 rings (SSSR count). The number of aromatic nitrogens is 3. The lowest BCUT2D eigenvalue weighted by Gasteiger charge is -2.22. The Hall–Kier alpha value is -5.80. The molecule has 8 aromatic rings. The Morgan fingerprint density at radius 2 is 0.978 bits per heavy atom. The predicted octanol–water partition coefficient (Wildman–Crippen LogP) is 10.9. The molecule has 218 valence electrons. The lowest BCUT2D eigenvalue weighted by atomic mass is 9.82. The van der Waals surface area contributed by atoms with E-state index in [1.807, 2.05) is 24.3 Å². The van der Waals surface area contributed by atoms with Gasteiger partial charge in [-0.15, -0.1) is 0 Å². The lowest BCUT2D eigenvalue weighted by Crippen LogP contribution is -2.14. The maximum atomic E-state index is 5.13. The van der Waals surface area contributed by atoms with Gasteiger partial charge in [-0.1, -0.05) is 129 Å². The number of hydrogen-bond donors (Lipinski definition) is 0. The number of nitrogens with zero attached hydrogens (tertiary/aromatic N) is 3. The standard InChI is InChI=1S/C43H31N3/c1-43(2)36-23-21-30(39-27-38(28-13-5-3-6-14-28)44-42(45-39)29-15-7-4-8-16-29)25-34(36)35-26-31(22-24-37(35)43)46-40-19-11-9-17-32(40)33-18-10-12-20-41(33)46/h3-27H,1-2H3. The summed E-state index contributed by atoms with van der Waals surface area (Å²) in [5.41, 5.74) is 13.7. The van der Waals surface area contributed by atoms with Crippen molar-refractivity contribution >= 4 is 21.8 Å². The van der Waals surface area contributed by atoms with E-state index in [4.69, 9.17) is 9.97 Å². The van der Waals surface area contributed by atoms with Crippen LogP contribution in [0.15, 0.2) is 152 Å². The van der Waals surface area contributed by atoms with Crippen LogP contribution < -0.4 is 0 Å². The highest BCUT2D eigenvalue weighted by Crippen LogP contribution is 2.50. The van der Waals surface area contributed by atoms with Crippen molar-refractivity contribution in [1.82, 2.24) is 14.5 Å². The van der Waals surface area contributed by atoms with E-state index in [9.17, 15) is 0 Å². The number of hydrogen-bond acceptors (Lipinski definition) is 2. The van der Waals surface area contributed by atoms with Crippen LogP contribution in [0.2, 0.25) is 0 Å². The van der Waals surface area contributed by atoms with Crippen molar-refractivity contribution in [2.75, 3.05) is 0 Å². The minimum atomic E-state index is -0.112. The Labute approximate surface area is 268 Å². The second-order valence-corrected chi connectivity index (χ2v) is 12.7. The molecule has 0 N–H and O–H groups in total. The summed E-state index contributed by atoms with van der Waals surface area (Å²) in [5, 5.41) is 2.54. The average Bonchev–Trinajstić information content (AvgIpc) is 3.57. The molecule has 1 aliphatic rings. The second kappa shape index (κ2) is 10.1. The monoisotopic (exact) mass is 589 g/mol. The maximum absolute atomic E-state index is 5.13. The summed E-state index contributed by atoms with van der Waals surface area (Å²) in [6.07, 6.45) is 0. The van der Waals surface area contributed by atoms with Gasteiger partial charge >= 0.3 is 0 Å². The predicted molar refractivity (Wildman–Crippen MR) is 190 cm³/mol. The molecule has 0 saturated heterocycles. The quantitative estimate of drug-likeness (QED) is 0.204. The molecule has 0 saturated carbocycles. The van der Waals surface area contributed by atoms with Crippen LogP contribution in [-0.4, -0.2) is 14.5 Å². The molecule has 0 bridgehead atoms. The molecule has 3 nitrogen and oxygen atoms in total. The molecule has 2 heterocycles. The van der Waals surface area contributed by atoms with Crippen molar-refractivity contribution in [3.05, 3.63) is 163 Å². The fourth-order valence-corrected chi connectivity index (χ4v) is 7.32. The molecule has 2 aromatic heterocycles. The van der Waals surface area contributed by atoms with E-state index in [-0.39, 0.29) is 5.41 Å². The Bertz CT molecular complexity index is 2320. The zero-order valence-electron chi connectivity index (χ0n) is 25.8. The van der Waals surface area contributed by atoms with Crippen LogP contribution >= 0.6 is 0 Å². The molecule has 0 aliphatic heterocycles. The smallest absolute Gasteiger partial charge is 0.160 e. The van der Waals surface area contributed by atoms with Gasteiger partial charge < -0.3 is 4.57 Å². The first-order chi connectivity index (χ1) is 22.6. The van der Waals surface area contributed by atoms with Gasteiger partial charge in [0.05, 0.1) is 22.4 Å². The van der Waals surface area contributed by atoms with E-state index in [0.717, 1.165) is 33.9 Å². The van der Waals surface area contributed by atoms with Gasteiger partial charge in [-0.3, -0.25) is 0 Å². The van der Waals surface area contributed by atoms with Crippen molar-refractivity contribution in [3.63, 3.8) is 0 Å². The van der Waals surface area contributed by atoms with Crippen LogP contribution in [0.3, 0.4) is 0 Å². The third-order valence-corrected chi connectivity index (χ3v) is 9.62. The summed E-state index contributed by atoms with van der Waals surface area (Å²) in [7, 11) is 0. The summed E-state index contributed by atoms with van der Waals surface area (Å²) >= 11 is 0. The Morgan fingerprint density at radius 1 is 0.457 bits per heavy atom. The average molecular weight is 590 g/mol. The first-order valence-corrected chi connectivity index (χ1v) is 15.8. The van der Waals surface area contributed by atoms with E-state index < -0.39 is 0 Å². The normalized spacial score (nSPS) is 13.2. The largest absolute Gasteiger partial charge is 0.309 e. The topological polar surface area (TPSA) is 30.7 Å². The maximum Gasteiger partial charge on any atom is 0.160 e. The van der Waals surface area contributed by atoms with E-state index in [1.54, 1.807) is 0 Å². The SMILES string of the molecule is CC1(C)c2ccc(-c3cc(-c4ccccc4)nc(-c4ccccc4)n3)cc2-c2cc(-n3c4ccccc4c4ccccc43)ccc21.